The van der Waals surface area contributed by atoms with Crippen LogP contribution in [0.2, 0.25) is 0 Å². The summed E-state index contributed by atoms with van der Waals surface area (Å²) >= 11 is 0. The molecule has 2 fully saturated rings. The summed E-state index contributed by atoms with van der Waals surface area (Å²) < 4.78 is 4.93. The van der Waals surface area contributed by atoms with Gasteiger partial charge in [-0.25, -0.2) is 0 Å². The van der Waals surface area contributed by atoms with E-state index in [4.69, 9.17) is 4.74 Å². The first kappa shape index (κ1) is 23.3. The van der Waals surface area contributed by atoms with Crippen LogP contribution < -0.4 is 10.2 Å². The number of amides is 2. The minimum Gasteiger partial charge on any atom is -0.383 e. The van der Waals surface area contributed by atoms with Gasteiger partial charge in [0, 0.05) is 64.7 Å². The third kappa shape index (κ3) is 7.67. The highest BCUT2D eigenvalue weighted by molar-refractivity contribution is 5.92. The van der Waals surface area contributed by atoms with E-state index in [-0.39, 0.29) is 11.8 Å². The smallest absolute Gasteiger partial charge is 0.246 e. The Morgan fingerprint density at radius 2 is 1.65 bits per heavy atom. The molecule has 1 aromatic rings. The summed E-state index contributed by atoms with van der Waals surface area (Å²) in [4.78, 5) is 30.8. The van der Waals surface area contributed by atoms with Crippen molar-refractivity contribution in [2.24, 2.45) is 0 Å². The minimum absolute atomic E-state index is 0.000320. The fourth-order valence-electron chi connectivity index (χ4n) is 4.08. The molecule has 0 atom stereocenters. The average Bonchev–Trinajstić information content (AvgIpc) is 3.08. The molecule has 3 rings (SSSR count). The van der Waals surface area contributed by atoms with E-state index < -0.39 is 0 Å². The summed E-state index contributed by atoms with van der Waals surface area (Å²) in [6.07, 6.45) is 8.74. The molecule has 0 saturated carbocycles. The second kappa shape index (κ2) is 12.5. The fraction of sp³-hybridized carbons (Fsp3) is 0.583. The number of piperazine rings is 1. The molecule has 1 aromatic carbocycles. The van der Waals surface area contributed by atoms with Crippen molar-refractivity contribution in [1.82, 2.24) is 15.1 Å². The Bertz CT molecular complexity index is 719. The topological polar surface area (TPSA) is 65.1 Å². The number of nitrogens with one attached hydrogen (secondary N) is 1. The molecule has 0 aliphatic carbocycles. The molecule has 2 heterocycles. The van der Waals surface area contributed by atoms with E-state index in [2.05, 4.69) is 39.4 Å². The Morgan fingerprint density at radius 1 is 0.968 bits per heavy atom. The van der Waals surface area contributed by atoms with E-state index >= 15 is 0 Å². The molecular formula is C24H36N4O3. The zero-order chi connectivity index (χ0) is 21.9. The first-order valence-corrected chi connectivity index (χ1v) is 11.5. The van der Waals surface area contributed by atoms with E-state index in [1.54, 1.807) is 13.2 Å². The second-order valence-corrected chi connectivity index (χ2v) is 8.27. The zero-order valence-electron chi connectivity index (χ0n) is 18.7. The normalized spacial score (nSPS) is 18.2. The summed E-state index contributed by atoms with van der Waals surface area (Å²) in [5.41, 5.74) is 2.31. The van der Waals surface area contributed by atoms with Crippen LogP contribution in [-0.4, -0.2) is 87.7 Å². The Morgan fingerprint density at radius 3 is 2.29 bits per heavy atom. The molecule has 0 spiro atoms. The highest BCUT2D eigenvalue weighted by Gasteiger charge is 2.21. The van der Waals surface area contributed by atoms with Gasteiger partial charge in [-0.3, -0.25) is 14.5 Å². The summed E-state index contributed by atoms with van der Waals surface area (Å²) in [6, 6.07) is 8.49. The van der Waals surface area contributed by atoms with Gasteiger partial charge in [0.1, 0.15) is 0 Å². The molecule has 1 N–H and O–H groups in total. The Hall–Kier alpha value is -2.38. The standard InChI is InChI=1S/C24H36N4O3/c1-31-19-12-25-23(29)20-26-15-17-28(18-16-26)24(30)11-8-21-6-9-22(10-7-21)27-13-4-2-3-5-14-27/h6-11H,2-5,12-20H2,1H3,(H,25,29). The van der Waals surface area contributed by atoms with E-state index in [0.717, 1.165) is 18.7 Å². The lowest BCUT2D eigenvalue weighted by Crippen LogP contribution is -2.51. The molecule has 0 radical (unpaired) electrons. The van der Waals surface area contributed by atoms with Crippen molar-refractivity contribution in [2.75, 3.05) is 71.0 Å². The summed E-state index contributed by atoms with van der Waals surface area (Å²) in [6.45, 7) is 6.38. The number of benzene rings is 1. The van der Waals surface area contributed by atoms with Crippen LogP contribution in [0.1, 0.15) is 31.2 Å². The highest BCUT2D eigenvalue weighted by atomic mass is 16.5. The van der Waals surface area contributed by atoms with E-state index in [1.165, 1.54) is 31.4 Å². The largest absolute Gasteiger partial charge is 0.383 e. The van der Waals surface area contributed by atoms with E-state index in [1.807, 2.05) is 11.0 Å². The van der Waals surface area contributed by atoms with Crippen molar-refractivity contribution >= 4 is 23.6 Å². The van der Waals surface area contributed by atoms with E-state index in [0.29, 0.717) is 45.9 Å². The van der Waals surface area contributed by atoms with Crippen LogP contribution in [-0.2, 0) is 14.3 Å². The number of anilines is 1. The predicted molar refractivity (Wildman–Crippen MR) is 124 cm³/mol. The predicted octanol–water partition coefficient (Wildman–Crippen LogP) is 1.99. The first-order chi connectivity index (χ1) is 15.2. The van der Waals surface area contributed by atoms with Crippen molar-refractivity contribution in [2.45, 2.75) is 25.7 Å². The number of hydrogen-bond acceptors (Lipinski definition) is 5. The van der Waals surface area contributed by atoms with Gasteiger partial charge in [0.15, 0.2) is 0 Å². The van der Waals surface area contributed by atoms with Gasteiger partial charge >= 0.3 is 0 Å². The van der Waals surface area contributed by atoms with Crippen LogP contribution in [0.4, 0.5) is 5.69 Å². The molecule has 0 unspecified atom stereocenters. The molecule has 2 amide bonds. The van der Waals surface area contributed by atoms with Crippen molar-refractivity contribution in [3.63, 3.8) is 0 Å². The monoisotopic (exact) mass is 428 g/mol. The molecule has 2 aliphatic heterocycles. The first-order valence-electron chi connectivity index (χ1n) is 11.5. The lowest BCUT2D eigenvalue weighted by molar-refractivity contribution is -0.128. The van der Waals surface area contributed by atoms with Crippen LogP contribution >= 0.6 is 0 Å². The zero-order valence-corrected chi connectivity index (χ0v) is 18.7. The Kier molecular flexibility index (Phi) is 9.37. The molecule has 2 aliphatic rings. The highest BCUT2D eigenvalue weighted by Crippen LogP contribution is 2.20. The third-order valence-electron chi connectivity index (χ3n) is 5.96. The maximum atomic E-state index is 12.5. The van der Waals surface area contributed by atoms with Crippen molar-refractivity contribution < 1.29 is 14.3 Å². The number of ether oxygens (including phenoxy) is 1. The van der Waals surface area contributed by atoms with Gasteiger partial charge < -0.3 is 19.9 Å². The van der Waals surface area contributed by atoms with Crippen LogP contribution in [0.25, 0.3) is 6.08 Å². The number of nitrogens with zero attached hydrogens (tertiary/aromatic N) is 3. The summed E-state index contributed by atoms with van der Waals surface area (Å²) in [5.74, 6) is 0.0288. The average molecular weight is 429 g/mol. The van der Waals surface area contributed by atoms with Crippen molar-refractivity contribution in [3.8, 4) is 0 Å². The molecule has 2 saturated heterocycles. The molecule has 0 aromatic heterocycles. The van der Waals surface area contributed by atoms with Gasteiger partial charge in [-0.2, -0.15) is 0 Å². The second-order valence-electron chi connectivity index (χ2n) is 8.27. The number of hydrogen-bond donors (Lipinski definition) is 1. The number of carbonyl (C=O) groups excluding carboxylic acids is 2. The number of methoxy groups -OCH3 is 1. The van der Waals surface area contributed by atoms with Crippen molar-refractivity contribution in [3.05, 3.63) is 35.9 Å². The fourth-order valence-corrected chi connectivity index (χ4v) is 4.08. The number of rotatable bonds is 8. The molecule has 31 heavy (non-hydrogen) atoms. The van der Waals surface area contributed by atoms with Gasteiger partial charge in [-0.15, -0.1) is 0 Å². The molecule has 0 bridgehead atoms. The van der Waals surface area contributed by atoms with Gasteiger partial charge in [0.25, 0.3) is 0 Å². The van der Waals surface area contributed by atoms with Gasteiger partial charge in [0.05, 0.1) is 13.2 Å². The molecule has 7 nitrogen and oxygen atoms in total. The van der Waals surface area contributed by atoms with Crippen LogP contribution in [0.15, 0.2) is 30.3 Å². The van der Waals surface area contributed by atoms with E-state index in [9.17, 15) is 9.59 Å². The van der Waals surface area contributed by atoms with Gasteiger partial charge in [-0.1, -0.05) is 25.0 Å². The lowest BCUT2D eigenvalue weighted by Gasteiger charge is -2.33. The minimum atomic E-state index is 0.000320. The molecular weight excluding hydrogens is 392 g/mol. The lowest BCUT2D eigenvalue weighted by atomic mass is 10.1. The maximum Gasteiger partial charge on any atom is 0.246 e. The quantitative estimate of drug-likeness (QED) is 0.507. The third-order valence-corrected chi connectivity index (χ3v) is 5.96. The van der Waals surface area contributed by atoms with Crippen LogP contribution in [0.3, 0.4) is 0 Å². The molecule has 7 heteroatoms. The molecule has 170 valence electrons. The summed E-state index contributed by atoms with van der Waals surface area (Å²) in [7, 11) is 1.61. The van der Waals surface area contributed by atoms with Crippen molar-refractivity contribution in [1.29, 1.82) is 0 Å². The Balaban J connectivity index is 1.41. The summed E-state index contributed by atoms with van der Waals surface area (Å²) in [5, 5.41) is 2.83. The van der Waals surface area contributed by atoms with Gasteiger partial charge in [0.2, 0.25) is 11.8 Å². The SMILES string of the molecule is COCCNC(=O)CN1CCN(C(=O)C=Cc2ccc(N3CCCCCC3)cc2)CC1. The Labute approximate surface area is 186 Å². The van der Waals surface area contributed by atoms with Crippen LogP contribution in [0.5, 0.6) is 0 Å². The number of carbonyl (C=O) groups is 2. The van der Waals surface area contributed by atoms with Crippen LogP contribution in [0, 0.1) is 0 Å². The van der Waals surface area contributed by atoms with Gasteiger partial charge in [-0.05, 0) is 36.6 Å². The maximum absolute atomic E-state index is 12.5.